The van der Waals surface area contributed by atoms with Crippen LogP contribution in [0.1, 0.15) is 5.56 Å². The number of rotatable bonds is 4. The van der Waals surface area contributed by atoms with Gasteiger partial charge in [-0.15, -0.1) is 0 Å². The first kappa shape index (κ1) is 13.9. The van der Waals surface area contributed by atoms with E-state index in [9.17, 15) is 0 Å². The lowest BCUT2D eigenvalue weighted by atomic mass is 10.1. The number of fused-ring (bicyclic) bond motifs is 1. The van der Waals surface area contributed by atoms with Crippen LogP contribution in [0.5, 0.6) is 5.75 Å². The van der Waals surface area contributed by atoms with Crippen molar-refractivity contribution in [3.8, 4) is 5.75 Å². The van der Waals surface area contributed by atoms with Crippen LogP contribution in [0.4, 0.5) is 0 Å². The van der Waals surface area contributed by atoms with Gasteiger partial charge in [0.2, 0.25) is 0 Å². The molecule has 1 aliphatic heterocycles. The van der Waals surface area contributed by atoms with Gasteiger partial charge < -0.3 is 19.4 Å². The van der Waals surface area contributed by atoms with Crippen LogP contribution < -0.4 is 10.1 Å². The summed E-state index contributed by atoms with van der Waals surface area (Å²) < 4.78 is 12.1. The fraction of sp³-hybridized carbons (Fsp3) is 0.467. The molecule has 0 unspecified atom stereocenters. The van der Waals surface area contributed by atoms with Crippen LogP contribution in [0.25, 0.3) is 11.0 Å². The van der Waals surface area contributed by atoms with Crippen molar-refractivity contribution in [1.29, 1.82) is 0 Å². The van der Waals surface area contributed by atoms with Crippen molar-refractivity contribution in [3.63, 3.8) is 0 Å². The number of ether oxygens (including phenoxy) is 1. The number of hydrogen-bond acceptors (Lipinski definition) is 4. The predicted octanol–water partition coefficient (Wildman–Crippen LogP) is 2.65. The number of piperazine rings is 1. The van der Waals surface area contributed by atoms with Gasteiger partial charge in [0, 0.05) is 42.6 Å². The van der Waals surface area contributed by atoms with E-state index in [1.54, 1.807) is 13.4 Å². The molecule has 0 bridgehead atoms. The molecule has 20 heavy (non-hydrogen) atoms. The molecule has 1 aliphatic rings. The zero-order valence-corrected chi connectivity index (χ0v) is 13.2. The first-order valence-corrected chi connectivity index (χ1v) is 7.74. The third kappa shape index (κ3) is 2.71. The number of methoxy groups -OCH3 is 1. The van der Waals surface area contributed by atoms with E-state index < -0.39 is 0 Å². The van der Waals surface area contributed by atoms with Crippen LogP contribution in [-0.2, 0) is 6.42 Å². The van der Waals surface area contributed by atoms with Crippen molar-refractivity contribution in [3.05, 3.63) is 28.4 Å². The Bertz CT molecular complexity index is 591. The minimum absolute atomic E-state index is 0.809. The van der Waals surface area contributed by atoms with E-state index in [4.69, 9.17) is 9.15 Å². The summed E-state index contributed by atoms with van der Waals surface area (Å²) in [6.07, 6.45) is 2.72. The van der Waals surface area contributed by atoms with Crippen molar-refractivity contribution < 1.29 is 9.15 Å². The predicted molar refractivity (Wildman–Crippen MR) is 83.5 cm³/mol. The molecular formula is C15H19BrN2O2. The Kier molecular flexibility index (Phi) is 4.29. The van der Waals surface area contributed by atoms with E-state index in [1.807, 2.05) is 6.07 Å². The molecule has 1 saturated heterocycles. The molecule has 0 spiro atoms. The first-order chi connectivity index (χ1) is 9.79. The second kappa shape index (κ2) is 6.16. The van der Waals surface area contributed by atoms with Gasteiger partial charge >= 0.3 is 0 Å². The van der Waals surface area contributed by atoms with Crippen LogP contribution in [-0.4, -0.2) is 44.7 Å². The number of furan rings is 1. The van der Waals surface area contributed by atoms with Crippen LogP contribution >= 0.6 is 15.9 Å². The van der Waals surface area contributed by atoms with Crippen molar-refractivity contribution in [2.24, 2.45) is 0 Å². The molecule has 108 valence electrons. The summed E-state index contributed by atoms with van der Waals surface area (Å²) >= 11 is 3.70. The molecule has 0 radical (unpaired) electrons. The van der Waals surface area contributed by atoms with E-state index in [-0.39, 0.29) is 0 Å². The summed E-state index contributed by atoms with van der Waals surface area (Å²) in [5, 5.41) is 4.46. The Morgan fingerprint density at radius 3 is 2.95 bits per heavy atom. The van der Waals surface area contributed by atoms with Gasteiger partial charge in [-0.05, 0) is 40.0 Å². The lowest BCUT2D eigenvalue weighted by molar-refractivity contribution is 0.243. The van der Waals surface area contributed by atoms with Crippen molar-refractivity contribution >= 4 is 26.9 Å². The number of nitrogens with zero attached hydrogens (tertiary/aromatic N) is 1. The molecule has 0 atom stereocenters. The highest BCUT2D eigenvalue weighted by Gasteiger charge is 2.15. The average Bonchev–Trinajstić information content (AvgIpc) is 2.98. The largest absolute Gasteiger partial charge is 0.493 e. The van der Waals surface area contributed by atoms with E-state index in [0.717, 1.165) is 60.3 Å². The standard InChI is InChI=1S/C15H19BrN2O2/c1-19-13-10-11(2-6-18-7-4-17-5-8-18)14(16)12-3-9-20-15(12)13/h3,9-10,17H,2,4-8H2,1H3. The molecule has 4 nitrogen and oxygen atoms in total. The second-order valence-corrected chi connectivity index (χ2v) is 5.85. The maximum absolute atomic E-state index is 5.50. The Hall–Kier alpha value is -1.04. The second-order valence-electron chi connectivity index (χ2n) is 5.06. The van der Waals surface area contributed by atoms with Gasteiger partial charge in [0.15, 0.2) is 11.3 Å². The third-order valence-corrected chi connectivity index (χ3v) is 4.78. The van der Waals surface area contributed by atoms with Gasteiger partial charge in [-0.2, -0.15) is 0 Å². The number of benzene rings is 1. The van der Waals surface area contributed by atoms with Gasteiger partial charge in [-0.25, -0.2) is 0 Å². The molecule has 5 heteroatoms. The van der Waals surface area contributed by atoms with E-state index in [2.05, 4.69) is 32.2 Å². The lowest BCUT2D eigenvalue weighted by Crippen LogP contribution is -2.44. The summed E-state index contributed by atoms with van der Waals surface area (Å²) in [6, 6.07) is 4.06. The van der Waals surface area contributed by atoms with Crippen molar-refractivity contribution in [1.82, 2.24) is 10.2 Å². The van der Waals surface area contributed by atoms with Gasteiger partial charge in [-0.1, -0.05) is 0 Å². The lowest BCUT2D eigenvalue weighted by Gasteiger charge is -2.27. The number of nitrogens with one attached hydrogen (secondary N) is 1. The van der Waals surface area contributed by atoms with Gasteiger partial charge in [0.05, 0.1) is 13.4 Å². The molecule has 0 saturated carbocycles. The Morgan fingerprint density at radius 1 is 1.40 bits per heavy atom. The topological polar surface area (TPSA) is 37.6 Å². The Labute approximate surface area is 127 Å². The smallest absolute Gasteiger partial charge is 0.176 e. The minimum Gasteiger partial charge on any atom is -0.493 e. The maximum Gasteiger partial charge on any atom is 0.176 e. The Balaban J connectivity index is 1.81. The molecule has 1 fully saturated rings. The molecule has 1 aromatic carbocycles. The third-order valence-electron chi connectivity index (χ3n) is 3.84. The quantitative estimate of drug-likeness (QED) is 0.929. The highest BCUT2D eigenvalue weighted by molar-refractivity contribution is 9.10. The fourth-order valence-electron chi connectivity index (χ4n) is 2.68. The monoisotopic (exact) mass is 338 g/mol. The fourth-order valence-corrected chi connectivity index (χ4v) is 3.30. The van der Waals surface area contributed by atoms with Crippen molar-refractivity contribution in [2.45, 2.75) is 6.42 Å². The van der Waals surface area contributed by atoms with Crippen molar-refractivity contribution in [2.75, 3.05) is 39.8 Å². The van der Waals surface area contributed by atoms with Gasteiger partial charge in [0.25, 0.3) is 0 Å². The normalized spacial score (nSPS) is 16.7. The molecule has 3 rings (SSSR count). The maximum atomic E-state index is 5.50. The van der Waals surface area contributed by atoms with E-state index in [1.165, 1.54) is 5.56 Å². The molecule has 2 heterocycles. The molecule has 0 amide bonds. The SMILES string of the molecule is COc1cc(CCN2CCNCC2)c(Br)c2ccoc12. The highest BCUT2D eigenvalue weighted by atomic mass is 79.9. The van der Waals surface area contributed by atoms with Crippen LogP contribution in [0.15, 0.2) is 27.3 Å². The van der Waals surface area contributed by atoms with E-state index in [0.29, 0.717) is 0 Å². The zero-order chi connectivity index (χ0) is 13.9. The van der Waals surface area contributed by atoms with E-state index >= 15 is 0 Å². The van der Waals surface area contributed by atoms with Gasteiger partial charge in [0.1, 0.15) is 0 Å². The summed E-state index contributed by atoms with van der Waals surface area (Å²) in [7, 11) is 1.69. The molecule has 1 aromatic heterocycles. The molecule has 1 N–H and O–H groups in total. The number of hydrogen-bond donors (Lipinski definition) is 1. The Morgan fingerprint density at radius 2 is 2.20 bits per heavy atom. The minimum atomic E-state index is 0.809. The first-order valence-electron chi connectivity index (χ1n) is 6.95. The molecule has 0 aliphatic carbocycles. The average molecular weight is 339 g/mol. The summed E-state index contributed by atoms with van der Waals surface area (Å²) in [5.41, 5.74) is 2.08. The highest BCUT2D eigenvalue weighted by Crippen LogP contribution is 2.36. The summed E-state index contributed by atoms with van der Waals surface area (Å²) in [6.45, 7) is 5.51. The molecule has 2 aromatic rings. The summed E-state index contributed by atoms with van der Waals surface area (Å²) in [4.78, 5) is 2.50. The zero-order valence-electron chi connectivity index (χ0n) is 11.6. The van der Waals surface area contributed by atoms with Gasteiger partial charge in [-0.3, -0.25) is 0 Å². The number of halogens is 1. The summed E-state index contributed by atoms with van der Waals surface area (Å²) in [5.74, 6) is 0.809. The molecular weight excluding hydrogens is 320 g/mol. The van der Waals surface area contributed by atoms with Crippen LogP contribution in [0.3, 0.4) is 0 Å². The van der Waals surface area contributed by atoms with Crippen LogP contribution in [0, 0.1) is 0 Å². The van der Waals surface area contributed by atoms with Crippen LogP contribution in [0.2, 0.25) is 0 Å².